The number of nitrogens with one attached hydrogen (secondary N) is 2. The Bertz CT molecular complexity index is 274. The molecule has 5 nitrogen and oxygen atoms in total. The molecule has 0 aliphatic heterocycles. The Hall–Kier alpha value is -0.0800. The summed E-state index contributed by atoms with van der Waals surface area (Å²) in [5, 5.41) is 6.63. The van der Waals surface area contributed by atoms with Gasteiger partial charge in [0.25, 0.3) is 0 Å². The van der Waals surface area contributed by atoms with Gasteiger partial charge in [0, 0.05) is 46.1 Å². The molecule has 22 heavy (non-hydrogen) atoms. The van der Waals surface area contributed by atoms with Gasteiger partial charge in [-0.1, -0.05) is 0 Å². The van der Waals surface area contributed by atoms with E-state index in [0.29, 0.717) is 0 Å². The third kappa shape index (κ3) is 13.6. The van der Waals surface area contributed by atoms with Crippen LogP contribution in [-0.4, -0.2) is 52.0 Å². The summed E-state index contributed by atoms with van der Waals surface area (Å²) in [6, 6.07) is 0. The summed E-state index contributed by atoms with van der Waals surface area (Å²) in [5.74, 6) is 1.76. The molecule has 0 aromatic rings. The zero-order chi connectivity index (χ0) is 15.2. The minimum absolute atomic E-state index is 0. The van der Waals surface area contributed by atoms with Gasteiger partial charge < -0.3 is 20.1 Å². The SMILES string of the molecule is CCNC(=NCCCOCC1CC1)NCCCCOCC.I. The van der Waals surface area contributed by atoms with E-state index in [4.69, 9.17) is 9.47 Å². The van der Waals surface area contributed by atoms with Gasteiger partial charge in [-0.05, 0) is 51.9 Å². The highest BCUT2D eigenvalue weighted by atomic mass is 127. The highest BCUT2D eigenvalue weighted by Crippen LogP contribution is 2.28. The Kier molecular flexibility index (Phi) is 15.7. The maximum atomic E-state index is 5.61. The van der Waals surface area contributed by atoms with E-state index >= 15 is 0 Å². The minimum atomic E-state index is 0. The van der Waals surface area contributed by atoms with E-state index in [-0.39, 0.29) is 24.0 Å². The van der Waals surface area contributed by atoms with Crippen molar-refractivity contribution in [3.8, 4) is 0 Å². The molecule has 1 saturated carbocycles. The molecule has 0 saturated heterocycles. The molecule has 132 valence electrons. The molecule has 1 fully saturated rings. The second kappa shape index (κ2) is 15.8. The van der Waals surface area contributed by atoms with E-state index in [1.54, 1.807) is 0 Å². The monoisotopic (exact) mass is 427 g/mol. The lowest BCUT2D eigenvalue weighted by molar-refractivity contribution is 0.123. The number of guanidine groups is 1. The molecule has 0 bridgehead atoms. The first-order chi connectivity index (χ1) is 10.4. The second-order valence-electron chi connectivity index (χ2n) is 5.46. The van der Waals surface area contributed by atoms with Crippen molar-refractivity contribution in [3.05, 3.63) is 0 Å². The fourth-order valence-corrected chi connectivity index (χ4v) is 1.91. The average Bonchev–Trinajstić information content (AvgIpc) is 3.30. The fraction of sp³-hybridized carbons (Fsp3) is 0.938. The summed E-state index contributed by atoms with van der Waals surface area (Å²) in [4.78, 5) is 4.56. The highest BCUT2D eigenvalue weighted by Gasteiger charge is 2.20. The van der Waals surface area contributed by atoms with Crippen molar-refractivity contribution < 1.29 is 9.47 Å². The predicted octanol–water partition coefficient (Wildman–Crippen LogP) is 2.79. The smallest absolute Gasteiger partial charge is 0.191 e. The normalized spacial score (nSPS) is 14.5. The van der Waals surface area contributed by atoms with Crippen molar-refractivity contribution in [1.82, 2.24) is 10.6 Å². The van der Waals surface area contributed by atoms with Crippen molar-refractivity contribution in [1.29, 1.82) is 0 Å². The van der Waals surface area contributed by atoms with Gasteiger partial charge >= 0.3 is 0 Å². The summed E-state index contributed by atoms with van der Waals surface area (Å²) in [5.41, 5.74) is 0. The van der Waals surface area contributed by atoms with E-state index in [2.05, 4.69) is 22.5 Å². The third-order valence-electron chi connectivity index (χ3n) is 3.32. The number of hydrogen-bond donors (Lipinski definition) is 2. The molecule has 0 amide bonds. The number of aliphatic imine (C=N–C) groups is 1. The topological polar surface area (TPSA) is 54.9 Å². The first-order valence-corrected chi connectivity index (χ1v) is 8.54. The van der Waals surface area contributed by atoms with E-state index in [0.717, 1.165) is 77.2 Å². The first-order valence-electron chi connectivity index (χ1n) is 8.54. The van der Waals surface area contributed by atoms with Gasteiger partial charge in [0.1, 0.15) is 0 Å². The van der Waals surface area contributed by atoms with Crippen molar-refractivity contribution in [2.24, 2.45) is 10.9 Å². The maximum Gasteiger partial charge on any atom is 0.191 e. The molecule has 0 aromatic heterocycles. The number of unbranched alkanes of at least 4 members (excludes halogenated alkanes) is 1. The molecular weight excluding hydrogens is 393 g/mol. The van der Waals surface area contributed by atoms with Gasteiger partial charge in [0.15, 0.2) is 5.96 Å². The summed E-state index contributed by atoms with van der Waals surface area (Å²) >= 11 is 0. The standard InChI is InChI=1S/C16H33N3O2.HI/c1-3-17-16(18-10-5-6-12-20-4-2)19-11-7-13-21-14-15-8-9-15;/h15H,3-14H2,1-2H3,(H2,17,18,19);1H. The fourth-order valence-electron chi connectivity index (χ4n) is 1.91. The number of hydrogen-bond acceptors (Lipinski definition) is 3. The molecule has 0 radical (unpaired) electrons. The van der Waals surface area contributed by atoms with Gasteiger partial charge in [-0.15, -0.1) is 24.0 Å². The van der Waals surface area contributed by atoms with Crippen LogP contribution >= 0.6 is 24.0 Å². The van der Waals surface area contributed by atoms with Crippen molar-refractivity contribution in [3.63, 3.8) is 0 Å². The van der Waals surface area contributed by atoms with Crippen LogP contribution in [0.1, 0.15) is 46.0 Å². The van der Waals surface area contributed by atoms with Gasteiger partial charge in [0.2, 0.25) is 0 Å². The van der Waals surface area contributed by atoms with Crippen LogP contribution in [0.2, 0.25) is 0 Å². The van der Waals surface area contributed by atoms with Gasteiger partial charge in [0.05, 0.1) is 0 Å². The Morgan fingerprint density at radius 3 is 2.50 bits per heavy atom. The quantitative estimate of drug-likeness (QED) is 0.206. The number of ether oxygens (including phenoxy) is 2. The molecular formula is C16H34IN3O2. The Labute approximate surface area is 153 Å². The molecule has 1 rings (SSSR count). The largest absolute Gasteiger partial charge is 0.382 e. The van der Waals surface area contributed by atoms with E-state index < -0.39 is 0 Å². The summed E-state index contributed by atoms with van der Waals surface area (Å²) in [6.07, 6.45) is 5.91. The molecule has 0 unspecified atom stereocenters. The molecule has 2 N–H and O–H groups in total. The lowest BCUT2D eigenvalue weighted by Crippen LogP contribution is -2.38. The predicted molar refractivity (Wildman–Crippen MR) is 103 cm³/mol. The van der Waals surface area contributed by atoms with E-state index in [9.17, 15) is 0 Å². The lowest BCUT2D eigenvalue weighted by atomic mass is 10.3. The lowest BCUT2D eigenvalue weighted by Gasteiger charge is -2.11. The van der Waals surface area contributed by atoms with Crippen LogP contribution in [0.25, 0.3) is 0 Å². The molecule has 1 aliphatic carbocycles. The van der Waals surface area contributed by atoms with Crippen LogP contribution in [0.5, 0.6) is 0 Å². The van der Waals surface area contributed by atoms with Crippen LogP contribution in [0.3, 0.4) is 0 Å². The Morgan fingerprint density at radius 1 is 1.05 bits per heavy atom. The Balaban J connectivity index is 0.00000441. The van der Waals surface area contributed by atoms with Crippen LogP contribution in [0.15, 0.2) is 4.99 Å². The maximum absolute atomic E-state index is 5.61. The number of rotatable bonds is 13. The molecule has 0 aromatic carbocycles. The van der Waals surface area contributed by atoms with Crippen LogP contribution in [0, 0.1) is 5.92 Å². The minimum Gasteiger partial charge on any atom is -0.382 e. The van der Waals surface area contributed by atoms with Crippen LogP contribution < -0.4 is 10.6 Å². The molecule has 0 atom stereocenters. The molecule has 0 spiro atoms. The van der Waals surface area contributed by atoms with Gasteiger partial charge in [-0.25, -0.2) is 0 Å². The number of halogens is 1. The van der Waals surface area contributed by atoms with Crippen LogP contribution in [0.4, 0.5) is 0 Å². The molecule has 0 heterocycles. The van der Waals surface area contributed by atoms with Crippen molar-refractivity contribution in [2.75, 3.05) is 46.1 Å². The average molecular weight is 427 g/mol. The number of nitrogens with zero attached hydrogens (tertiary/aromatic N) is 1. The second-order valence-corrected chi connectivity index (χ2v) is 5.46. The van der Waals surface area contributed by atoms with Crippen molar-refractivity contribution in [2.45, 2.75) is 46.0 Å². The first kappa shape index (κ1) is 21.9. The van der Waals surface area contributed by atoms with Gasteiger partial charge in [-0.2, -0.15) is 0 Å². The molecule has 6 heteroatoms. The summed E-state index contributed by atoms with van der Waals surface area (Å²) in [7, 11) is 0. The zero-order valence-electron chi connectivity index (χ0n) is 14.2. The summed E-state index contributed by atoms with van der Waals surface area (Å²) in [6.45, 7) is 10.2. The third-order valence-corrected chi connectivity index (χ3v) is 3.32. The van der Waals surface area contributed by atoms with E-state index in [1.165, 1.54) is 12.8 Å². The zero-order valence-corrected chi connectivity index (χ0v) is 16.6. The Morgan fingerprint density at radius 2 is 1.82 bits per heavy atom. The van der Waals surface area contributed by atoms with E-state index in [1.807, 2.05) is 6.92 Å². The van der Waals surface area contributed by atoms with Crippen molar-refractivity contribution >= 4 is 29.9 Å². The summed E-state index contributed by atoms with van der Waals surface area (Å²) < 4.78 is 10.9. The van der Waals surface area contributed by atoms with Gasteiger partial charge in [-0.3, -0.25) is 4.99 Å². The molecule has 1 aliphatic rings. The highest BCUT2D eigenvalue weighted by molar-refractivity contribution is 14.0. The van der Waals surface area contributed by atoms with Crippen LogP contribution in [-0.2, 0) is 9.47 Å².